The van der Waals surface area contributed by atoms with Gasteiger partial charge in [0.2, 0.25) is 5.91 Å². The second-order valence-electron chi connectivity index (χ2n) is 4.40. The third-order valence-corrected chi connectivity index (χ3v) is 3.28. The van der Waals surface area contributed by atoms with Crippen LogP contribution in [0.2, 0.25) is 0 Å². The summed E-state index contributed by atoms with van der Waals surface area (Å²) in [5.41, 5.74) is 0. The quantitative estimate of drug-likeness (QED) is 0.686. The zero-order valence-corrected chi connectivity index (χ0v) is 11.2. The van der Waals surface area contributed by atoms with Gasteiger partial charge in [0.25, 0.3) is 0 Å². The van der Waals surface area contributed by atoms with Crippen LogP contribution < -0.4 is 5.32 Å². The van der Waals surface area contributed by atoms with E-state index in [9.17, 15) is 4.79 Å². The predicted octanol–water partition coefficient (Wildman–Crippen LogP) is 0.992. The highest BCUT2D eigenvalue weighted by molar-refractivity contribution is 5.81. The molecule has 0 aliphatic carbocycles. The van der Waals surface area contributed by atoms with E-state index < -0.39 is 0 Å². The predicted molar refractivity (Wildman–Crippen MR) is 66.3 cm³/mol. The van der Waals surface area contributed by atoms with E-state index in [1.54, 1.807) is 0 Å². The Balaban J connectivity index is 4.26. The molecule has 0 spiro atoms. The number of nitrogens with zero attached hydrogens (tertiary/aromatic N) is 1. The Kier molecular flexibility index (Phi) is 7.34. The van der Waals surface area contributed by atoms with Crippen molar-refractivity contribution in [1.82, 2.24) is 10.2 Å². The first-order valence-corrected chi connectivity index (χ1v) is 6.10. The Bertz CT molecular complexity index is 205. The molecular formula is C12H26N2O2. The summed E-state index contributed by atoms with van der Waals surface area (Å²) in [4.78, 5) is 13.8. The molecular weight excluding hydrogens is 204 g/mol. The Hall–Kier alpha value is -0.610. The largest absolute Gasteiger partial charge is 0.395 e. The van der Waals surface area contributed by atoms with E-state index >= 15 is 0 Å². The van der Waals surface area contributed by atoms with Crippen LogP contribution in [0.3, 0.4) is 0 Å². The maximum atomic E-state index is 11.9. The highest BCUT2D eigenvalue weighted by Crippen LogP contribution is 2.04. The molecule has 2 unspecified atom stereocenters. The van der Waals surface area contributed by atoms with E-state index in [-0.39, 0.29) is 30.6 Å². The van der Waals surface area contributed by atoms with Crippen molar-refractivity contribution < 1.29 is 9.90 Å². The topological polar surface area (TPSA) is 52.6 Å². The van der Waals surface area contributed by atoms with Crippen molar-refractivity contribution in [2.45, 2.75) is 58.7 Å². The molecule has 0 rings (SSSR count). The van der Waals surface area contributed by atoms with Gasteiger partial charge in [0.1, 0.15) is 0 Å². The van der Waals surface area contributed by atoms with Crippen molar-refractivity contribution in [3.63, 3.8) is 0 Å². The van der Waals surface area contributed by atoms with Crippen LogP contribution in [0.4, 0.5) is 0 Å². The number of hydrogen-bond donors (Lipinski definition) is 2. The number of rotatable bonds is 7. The molecule has 0 aliphatic rings. The van der Waals surface area contributed by atoms with Crippen LogP contribution in [0.1, 0.15) is 40.5 Å². The highest BCUT2D eigenvalue weighted by atomic mass is 16.3. The molecule has 2 atom stereocenters. The number of likely N-dealkylation sites (N-methyl/N-ethyl adjacent to an activating group) is 1. The summed E-state index contributed by atoms with van der Waals surface area (Å²) in [6.07, 6.45) is 1.91. The minimum absolute atomic E-state index is 0.00227. The third-order valence-electron chi connectivity index (χ3n) is 3.28. The molecule has 0 aromatic carbocycles. The normalized spacial score (nSPS) is 15.2. The fraction of sp³-hybridized carbons (Fsp3) is 0.917. The molecule has 4 nitrogen and oxygen atoms in total. The van der Waals surface area contributed by atoms with Gasteiger partial charge in [-0.1, -0.05) is 13.8 Å². The van der Waals surface area contributed by atoms with Crippen molar-refractivity contribution in [3.05, 3.63) is 0 Å². The molecule has 2 N–H and O–H groups in total. The zero-order chi connectivity index (χ0) is 12.7. The number of carbonyl (C=O) groups is 1. The second-order valence-corrected chi connectivity index (χ2v) is 4.40. The molecule has 4 heteroatoms. The maximum absolute atomic E-state index is 11.9. The van der Waals surface area contributed by atoms with Crippen molar-refractivity contribution in [2.75, 3.05) is 13.7 Å². The van der Waals surface area contributed by atoms with Crippen LogP contribution >= 0.6 is 0 Å². The standard InChI is InChI=1S/C12H26N2O2/c1-6-11(7-2)13-12(16)10(4)14(5)9(3)8-15/h9-11,15H,6-8H2,1-5H3,(H,13,16). The Morgan fingerprint density at radius 3 is 2.19 bits per heavy atom. The lowest BCUT2D eigenvalue weighted by atomic mass is 10.1. The van der Waals surface area contributed by atoms with Gasteiger partial charge >= 0.3 is 0 Å². The molecule has 16 heavy (non-hydrogen) atoms. The third kappa shape index (κ3) is 4.49. The van der Waals surface area contributed by atoms with Gasteiger partial charge in [0.15, 0.2) is 0 Å². The minimum Gasteiger partial charge on any atom is -0.395 e. The van der Waals surface area contributed by atoms with Gasteiger partial charge in [0.05, 0.1) is 12.6 Å². The summed E-state index contributed by atoms with van der Waals surface area (Å²) >= 11 is 0. The van der Waals surface area contributed by atoms with Crippen molar-refractivity contribution in [3.8, 4) is 0 Å². The van der Waals surface area contributed by atoms with Crippen molar-refractivity contribution in [1.29, 1.82) is 0 Å². The van der Waals surface area contributed by atoms with Crippen LogP contribution in [0.5, 0.6) is 0 Å². The molecule has 96 valence electrons. The van der Waals surface area contributed by atoms with Gasteiger partial charge in [-0.25, -0.2) is 0 Å². The summed E-state index contributed by atoms with van der Waals surface area (Å²) in [6, 6.07) is 0.0537. The fourth-order valence-electron chi connectivity index (χ4n) is 1.51. The number of aliphatic hydroxyl groups is 1. The van der Waals surface area contributed by atoms with Gasteiger partial charge in [-0.3, -0.25) is 9.69 Å². The van der Waals surface area contributed by atoms with E-state index in [2.05, 4.69) is 19.2 Å². The summed E-state index contributed by atoms with van der Waals surface area (Å²) in [6.45, 7) is 7.97. The van der Waals surface area contributed by atoms with Crippen LogP contribution in [-0.4, -0.2) is 47.7 Å². The molecule has 0 saturated carbocycles. The van der Waals surface area contributed by atoms with E-state index in [0.717, 1.165) is 12.8 Å². The minimum atomic E-state index is -0.206. The van der Waals surface area contributed by atoms with Crippen LogP contribution in [0.25, 0.3) is 0 Å². The van der Waals surface area contributed by atoms with Crippen LogP contribution in [0, 0.1) is 0 Å². The molecule has 0 aromatic rings. The van der Waals surface area contributed by atoms with Crippen molar-refractivity contribution >= 4 is 5.91 Å². The Morgan fingerprint density at radius 1 is 1.31 bits per heavy atom. The van der Waals surface area contributed by atoms with Gasteiger partial charge < -0.3 is 10.4 Å². The number of hydrogen-bond acceptors (Lipinski definition) is 3. The van der Waals surface area contributed by atoms with Crippen molar-refractivity contribution in [2.24, 2.45) is 0 Å². The first-order chi connectivity index (χ1) is 7.47. The average molecular weight is 230 g/mol. The lowest BCUT2D eigenvalue weighted by Gasteiger charge is -2.29. The lowest BCUT2D eigenvalue weighted by molar-refractivity contribution is -0.127. The van der Waals surface area contributed by atoms with E-state index in [0.29, 0.717) is 0 Å². The number of aliphatic hydroxyl groups excluding tert-OH is 1. The lowest BCUT2D eigenvalue weighted by Crippen LogP contribution is -2.50. The molecule has 0 bridgehead atoms. The Labute approximate surface area is 99.0 Å². The number of amides is 1. The molecule has 1 amide bonds. The monoisotopic (exact) mass is 230 g/mol. The van der Waals surface area contributed by atoms with Gasteiger partial charge in [-0.05, 0) is 33.7 Å². The van der Waals surface area contributed by atoms with Gasteiger partial charge in [0, 0.05) is 12.1 Å². The number of nitrogens with one attached hydrogen (secondary N) is 1. The van der Waals surface area contributed by atoms with E-state index in [1.165, 1.54) is 0 Å². The van der Waals surface area contributed by atoms with Gasteiger partial charge in [-0.2, -0.15) is 0 Å². The maximum Gasteiger partial charge on any atom is 0.237 e. The molecule has 0 aromatic heterocycles. The summed E-state index contributed by atoms with van der Waals surface area (Å²) < 4.78 is 0. The summed E-state index contributed by atoms with van der Waals surface area (Å²) in [5, 5.41) is 12.1. The van der Waals surface area contributed by atoms with E-state index in [1.807, 2.05) is 25.8 Å². The molecule has 0 aliphatic heterocycles. The van der Waals surface area contributed by atoms with Crippen LogP contribution in [-0.2, 0) is 4.79 Å². The number of carbonyl (C=O) groups excluding carboxylic acids is 1. The average Bonchev–Trinajstić information content (AvgIpc) is 2.32. The van der Waals surface area contributed by atoms with Crippen LogP contribution in [0.15, 0.2) is 0 Å². The molecule has 0 heterocycles. The SMILES string of the molecule is CCC(CC)NC(=O)C(C)N(C)C(C)CO. The first-order valence-electron chi connectivity index (χ1n) is 6.10. The summed E-state index contributed by atoms with van der Waals surface area (Å²) in [7, 11) is 1.86. The first kappa shape index (κ1) is 15.4. The molecule has 0 radical (unpaired) electrons. The van der Waals surface area contributed by atoms with Gasteiger partial charge in [-0.15, -0.1) is 0 Å². The van der Waals surface area contributed by atoms with E-state index in [4.69, 9.17) is 5.11 Å². The molecule has 0 fully saturated rings. The smallest absolute Gasteiger partial charge is 0.237 e. The zero-order valence-electron chi connectivity index (χ0n) is 11.2. The molecule has 0 saturated heterocycles. The Morgan fingerprint density at radius 2 is 1.81 bits per heavy atom. The highest BCUT2D eigenvalue weighted by Gasteiger charge is 2.22. The fourth-order valence-corrected chi connectivity index (χ4v) is 1.51. The summed E-state index contributed by atoms with van der Waals surface area (Å²) in [5.74, 6) is 0.0384. The second kappa shape index (κ2) is 7.63.